The lowest BCUT2D eigenvalue weighted by atomic mass is 9.92. The molecule has 0 bridgehead atoms. The van der Waals surface area contributed by atoms with Crippen molar-refractivity contribution in [3.05, 3.63) is 52.8 Å². The molecular formula is C24H31N5O3. The van der Waals surface area contributed by atoms with Gasteiger partial charge in [0, 0.05) is 25.7 Å². The van der Waals surface area contributed by atoms with Gasteiger partial charge in [-0.1, -0.05) is 49.1 Å². The number of aromatic nitrogens is 2. The van der Waals surface area contributed by atoms with Gasteiger partial charge in [-0.05, 0) is 32.3 Å². The molecule has 0 saturated heterocycles. The molecule has 4 rings (SSSR count). The lowest BCUT2D eigenvalue weighted by Gasteiger charge is -2.41. The predicted molar refractivity (Wildman–Crippen MR) is 120 cm³/mol. The van der Waals surface area contributed by atoms with Crippen LogP contribution in [-0.2, 0) is 17.9 Å². The molecule has 2 heterocycles. The van der Waals surface area contributed by atoms with Crippen LogP contribution < -0.4 is 10.6 Å². The Labute approximate surface area is 188 Å². The summed E-state index contributed by atoms with van der Waals surface area (Å²) >= 11 is 0. The molecule has 170 valence electrons. The Morgan fingerprint density at radius 2 is 1.94 bits per heavy atom. The largest absolute Gasteiger partial charge is 0.351 e. The molecule has 3 amide bonds. The first-order valence-electron chi connectivity index (χ1n) is 11.3. The van der Waals surface area contributed by atoms with Gasteiger partial charge in [-0.25, -0.2) is 0 Å². The fourth-order valence-corrected chi connectivity index (χ4v) is 4.52. The van der Waals surface area contributed by atoms with Gasteiger partial charge in [0.05, 0.1) is 6.54 Å². The molecule has 2 aromatic rings. The fourth-order valence-electron chi connectivity index (χ4n) is 4.52. The standard InChI is InChI=1S/C24H31N5O3/c1-16-8-7-9-17(12-16)14-25-21(30)19-13-20-22(31)28(3)24(2,15-29(20)27-19)23(32)26-18-10-5-4-6-11-18/h7-9,12-13,18H,4-6,10-11,14-15H2,1-3H3,(H,25,30)(H,26,32)/t24-/m0/s1. The van der Waals surface area contributed by atoms with Crippen LogP contribution in [0.1, 0.15) is 71.1 Å². The maximum Gasteiger partial charge on any atom is 0.272 e. The summed E-state index contributed by atoms with van der Waals surface area (Å²) in [5, 5.41) is 10.4. The van der Waals surface area contributed by atoms with Crippen LogP contribution in [0.3, 0.4) is 0 Å². The number of carbonyl (C=O) groups is 3. The van der Waals surface area contributed by atoms with Crippen molar-refractivity contribution in [1.82, 2.24) is 25.3 Å². The Kier molecular flexibility index (Phi) is 6.04. The van der Waals surface area contributed by atoms with Gasteiger partial charge < -0.3 is 15.5 Å². The van der Waals surface area contributed by atoms with Gasteiger partial charge in [-0.3, -0.25) is 19.1 Å². The molecule has 1 aromatic heterocycles. The monoisotopic (exact) mass is 437 g/mol. The molecular weight excluding hydrogens is 406 g/mol. The van der Waals surface area contributed by atoms with Crippen LogP contribution in [0.4, 0.5) is 0 Å². The van der Waals surface area contributed by atoms with E-state index in [-0.39, 0.29) is 36.0 Å². The Morgan fingerprint density at radius 3 is 2.66 bits per heavy atom. The molecule has 2 aliphatic rings. The average molecular weight is 438 g/mol. The third-order valence-electron chi connectivity index (χ3n) is 6.70. The van der Waals surface area contributed by atoms with Gasteiger partial charge in [0.2, 0.25) is 5.91 Å². The Balaban J connectivity index is 1.48. The summed E-state index contributed by atoms with van der Waals surface area (Å²) in [5.74, 6) is -0.841. The van der Waals surface area contributed by atoms with E-state index in [0.29, 0.717) is 12.2 Å². The molecule has 1 atom stereocenters. The highest BCUT2D eigenvalue weighted by molar-refractivity contribution is 6.01. The number of nitrogens with one attached hydrogen (secondary N) is 2. The molecule has 0 spiro atoms. The van der Waals surface area contributed by atoms with Crippen LogP contribution in [-0.4, -0.2) is 51.0 Å². The smallest absolute Gasteiger partial charge is 0.272 e. The number of fused-ring (bicyclic) bond motifs is 1. The number of amides is 3. The number of carbonyl (C=O) groups excluding carboxylic acids is 3. The number of aryl methyl sites for hydroxylation is 1. The minimum absolute atomic E-state index is 0.151. The third-order valence-corrected chi connectivity index (χ3v) is 6.70. The van der Waals surface area contributed by atoms with Crippen LogP contribution >= 0.6 is 0 Å². The summed E-state index contributed by atoms with van der Waals surface area (Å²) in [5.41, 5.74) is 1.53. The van der Waals surface area contributed by atoms with Gasteiger partial charge in [-0.15, -0.1) is 0 Å². The summed E-state index contributed by atoms with van der Waals surface area (Å²) in [6, 6.07) is 9.55. The first-order valence-corrected chi connectivity index (χ1v) is 11.3. The first kappa shape index (κ1) is 22.0. The Bertz CT molecular complexity index is 1040. The van der Waals surface area contributed by atoms with Crippen molar-refractivity contribution in [2.45, 2.75) is 70.6 Å². The molecule has 1 aromatic carbocycles. The van der Waals surface area contributed by atoms with E-state index >= 15 is 0 Å². The van der Waals surface area contributed by atoms with Crippen LogP contribution in [0.2, 0.25) is 0 Å². The van der Waals surface area contributed by atoms with E-state index < -0.39 is 5.54 Å². The number of hydrogen-bond acceptors (Lipinski definition) is 4. The van der Waals surface area contributed by atoms with Crippen molar-refractivity contribution in [2.24, 2.45) is 0 Å². The number of benzene rings is 1. The SMILES string of the molecule is Cc1cccc(CNC(=O)c2cc3n(n2)C[C@@](C)(C(=O)NC2CCCCC2)N(C)C3=O)c1. The molecule has 0 unspecified atom stereocenters. The van der Waals surface area contributed by atoms with E-state index in [4.69, 9.17) is 0 Å². The zero-order valence-corrected chi connectivity index (χ0v) is 19.0. The zero-order chi connectivity index (χ0) is 22.9. The number of nitrogens with zero attached hydrogens (tertiary/aromatic N) is 3. The average Bonchev–Trinajstić information content (AvgIpc) is 3.20. The van der Waals surface area contributed by atoms with Crippen molar-refractivity contribution in [1.29, 1.82) is 0 Å². The summed E-state index contributed by atoms with van der Waals surface area (Å²) in [6.45, 7) is 4.33. The molecule has 8 nitrogen and oxygen atoms in total. The van der Waals surface area contributed by atoms with E-state index in [1.807, 2.05) is 31.2 Å². The van der Waals surface area contributed by atoms with E-state index in [2.05, 4.69) is 15.7 Å². The van der Waals surface area contributed by atoms with Crippen molar-refractivity contribution in [3.8, 4) is 0 Å². The van der Waals surface area contributed by atoms with E-state index in [9.17, 15) is 14.4 Å². The fraction of sp³-hybridized carbons (Fsp3) is 0.500. The van der Waals surface area contributed by atoms with E-state index in [0.717, 1.165) is 36.8 Å². The van der Waals surface area contributed by atoms with Crippen molar-refractivity contribution >= 4 is 17.7 Å². The second kappa shape index (κ2) is 8.76. The van der Waals surface area contributed by atoms with Crippen LogP contribution in [0.25, 0.3) is 0 Å². The van der Waals surface area contributed by atoms with Crippen molar-refractivity contribution in [2.75, 3.05) is 7.05 Å². The maximum absolute atomic E-state index is 13.2. The lowest BCUT2D eigenvalue weighted by Crippen LogP contribution is -2.63. The van der Waals surface area contributed by atoms with E-state index in [1.54, 1.807) is 14.0 Å². The van der Waals surface area contributed by atoms with Crippen molar-refractivity contribution in [3.63, 3.8) is 0 Å². The second-order valence-corrected chi connectivity index (χ2v) is 9.19. The van der Waals surface area contributed by atoms with Gasteiger partial charge in [0.25, 0.3) is 11.8 Å². The molecule has 1 fully saturated rings. The van der Waals surface area contributed by atoms with Gasteiger partial charge >= 0.3 is 0 Å². The third kappa shape index (κ3) is 4.26. The molecule has 0 radical (unpaired) electrons. The quantitative estimate of drug-likeness (QED) is 0.751. The van der Waals surface area contributed by atoms with Gasteiger partial charge in [0.15, 0.2) is 5.69 Å². The highest BCUT2D eigenvalue weighted by Crippen LogP contribution is 2.27. The summed E-state index contributed by atoms with van der Waals surface area (Å²) < 4.78 is 1.49. The normalized spacial score (nSPS) is 21.2. The maximum atomic E-state index is 13.2. The number of likely N-dealkylation sites (N-methyl/N-ethyl adjacent to an activating group) is 1. The Hall–Kier alpha value is -3.16. The zero-order valence-electron chi connectivity index (χ0n) is 19.0. The minimum Gasteiger partial charge on any atom is -0.351 e. The second-order valence-electron chi connectivity index (χ2n) is 9.19. The predicted octanol–water partition coefficient (Wildman–Crippen LogP) is 2.41. The lowest BCUT2D eigenvalue weighted by molar-refractivity contribution is -0.133. The van der Waals surface area contributed by atoms with Crippen LogP contribution in [0.5, 0.6) is 0 Å². The molecule has 1 saturated carbocycles. The summed E-state index contributed by atoms with van der Waals surface area (Å²) in [4.78, 5) is 40.3. The minimum atomic E-state index is -1.07. The van der Waals surface area contributed by atoms with Gasteiger partial charge in [-0.2, -0.15) is 5.10 Å². The first-order chi connectivity index (χ1) is 15.3. The topological polar surface area (TPSA) is 96.3 Å². The van der Waals surface area contributed by atoms with Crippen LogP contribution in [0.15, 0.2) is 30.3 Å². The molecule has 1 aliphatic carbocycles. The van der Waals surface area contributed by atoms with E-state index in [1.165, 1.54) is 22.1 Å². The van der Waals surface area contributed by atoms with Crippen LogP contribution in [0, 0.1) is 6.92 Å². The van der Waals surface area contributed by atoms with Crippen molar-refractivity contribution < 1.29 is 14.4 Å². The molecule has 8 heteroatoms. The highest BCUT2D eigenvalue weighted by atomic mass is 16.2. The Morgan fingerprint density at radius 1 is 1.19 bits per heavy atom. The molecule has 32 heavy (non-hydrogen) atoms. The highest BCUT2D eigenvalue weighted by Gasteiger charge is 2.46. The number of rotatable bonds is 5. The molecule has 2 N–H and O–H groups in total. The van der Waals surface area contributed by atoms with Gasteiger partial charge in [0.1, 0.15) is 11.2 Å². The summed E-state index contributed by atoms with van der Waals surface area (Å²) in [7, 11) is 1.64. The number of hydrogen-bond donors (Lipinski definition) is 2. The summed E-state index contributed by atoms with van der Waals surface area (Å²) in [6.07, 6.45) is 5.37. The molecule has 1 aliphatic heterocycles.